The average molecular weight is 414 g/mol. The zero-order valence-electron chi connectivity index (χ0n) is 16.4. The maximum Gasteiger partial charge on any atom is 0.307 e. The summed E-state index contributed by atoms with van der Waals surface area (Å²) in [5.41, 5.74) is 1.46. The molecule has 3 aromatic heterocycles. The smallest absolute Gasteiger partial charge is 0.307 e. The zero-order valence-corrected chi connectivity index (χ0v) is 17.2. The van der Waals surface area contributed by atoms with Gasteiger partial charge in [-0.1, -0.05) is 11.3 Å². The van der Waals surface area contributed by atoms with Crippen LogP contribution in [-0.4, -0.2) is 68.9 Å². The van der Waals surface area contributed by atoms with Crippen molar-refractivity contribution < 1.29 is 5.11 Å². The van der Waals surface area contributed by atoms with E-state index in [2.05, 4.69) is 34.0 Å². The number of nitrogens with one attached hydrogen (secondary N) is 1. The maximum atomic E-state index is 11.5. The molecule has 1 aliphatic heterocycles. The average Bonchev–Trinajstić information content (AvgIpc) is 3.09. The minimum absolute atomic E-state index is 0.135. The zero-order chi connectivity index (χ0) is 20.1. The lowest BCUT2D eigenvalue weighted by molar-refractivity contribution is 0.409. The summed E-state index contributed by atoms with van der Waals surface area (Å²) in [6.07, 6.45) is 6.74. The quantitative estimate of drug-likeness (QED) is 0.621. The first-order valence-electron chi connectivity index (χ1n) is 9.76. The van der Waals surface area contributed by atoms with Crippen LogP contribution in [0.1, 0.15) is 24.1 Å². The highest BCUT2D eigenvalue weighted by molar-refractivity contribution is 7.10. The molecule has 5 rings (SSSR count). The number of aromatic nitrogens is 4. The molecule has 1 saturated heterocycles. The predicted octanol–water partition coefficient (Wildman–Crippen LogP) is -0.0642. The van der Waals surface area contributed by atoms with Crippen molar-refractivity contribution in [2.75, 3.05) is 32.1 Å². The summed E-state index contributed by atoms with van der Waals surface area (Å²) < 4.78 is 1.74. The van der Waals surface area contributed by atoms with Crippen LogP contribution in [0.15, 0.2) is 22.1 Å². The van der Waals surface area contributed by atoms with Crippen molar-refractivity contribution in [3.05, 3.63) is 37.5 Å². The molecule has 0 aromatic carbocycles. The summed E-state index contributed by atoms with van der Waals surface area (Å²) in [4.78, 5) is 28.3. The number of rotatable bonds is 4. The molecule has 1 aliphatic carbocycles. The molecular formula is C19H23N7O2S. The summed E-state index contributed by atoms with van der Waals surface area (Å²) in [5.74, 6) is 0.725. The van der Waals surface area contributed by atoms with Crippen molar-refractivity contribution in [1.82, 2.24) is 24.5 Å². The molecule has 9 nitrogen and oxygen atoms in total. The molecule has 1 unspecified atom stereocenters. The van der Waals surface area contributed by atoms with Crippen molar-refractivity contribution >= 4 is 28.9 Å². The van der Waals surface area contributed by atoms with Gasteiger partial charge in [-0.25, -0.2) is 4.98 Å². The van der Waals surface area contributed by atoms with Gasteiger partial charge in [0.05, 0.1) is 17.1 Å². The third-order valence-electron chi connectivity index (χ3n) is 5.55. The molecule has 152 valence electrons. The van der Waals surface area contributed by atoms with E-state index >= 15 is 0 Å². The van der Waals surface area contributed by atoms with E-state index in [1.54, 1.807) is 16.8 Å². The Morgan fingerprint density at radius 3 is 2.90 bits per heavy atom. The Morgan fingerprint density at radius 1 is 1.41 bits per heavy atom. The van der Waals surface area contributed by atoms with Gasteiger partial charge >= 0.3 is 4.87 Å². The number of hydrogen-bond acceptors (Lipinski definition) is 8. The van der Waals surface area contributed by atoms with Crippen molar-refractivity contribution in [3.63, 3.8) is 0 Å². The lowest BCUT2D eigenvalue weighted by Crippen LogP contribution is -2.35. The highest BCUT2D eigenvalue weighted by Gasteiger charge is 2.25. The number of aromatic hydroxyl groups is 1. The van der Waals surface area contributed by atoms with E-state index in [4.69, 9.17) is 9.98 Å². The number of hydrogen-bond donors (Lipinski definition) is 2. The van der Waals surface area contributed by atoms with Crippen LogP contribution in [0, 0.1) is 0 Å². The van der Waals surface area contributed by atoms with Gasteiger partial charge in [0.1, 0.15) is 5.82 Å². The van der Waals surface area contributed by atoms with E-state index in [9.17, 15) is 9.90 Å². The van der Waals surface area contributed by atoms with Crippen LogP contribution in [0.25, 0.3) is 11.7 Å². The van der Waals surface area contributed by atoms with Crippen LogP contribution in [0.3, 0.4) is 0 Å². The lowest BCUT2D eigenvalue weighted by Gasteiger charge is -2.25. The molecule has 2 aliphatic rings. The fraction of sp³-hybridized carbons (Fsp3) is 0.474. The number of likely N-dealkylation sites (N-methyl/N-ethyl adjacent to an activating group) is 2. The van der Waals surface area contributed by atoms with Gasteiger partial charge in [-0.15, -0.1) is 0 Å². The largest absolute Gasteiger partial charge is 0.493 e. The highest BCUT2D eigenvalue weighted by atomic mass is 32.1. The molecule has 0 radical (unpaired) electrons. The van der Waals surface area contributed by atoms with Gasteiger partial charge in [0.15, 0.2) is 11.1 Å². The minimum atomic E-state index is -0.298. The van der Waals surface area contributed by atoms with Gasteiger partial charge in [-0.2, -0.15) is 9.61 Å². The molecule has 3 aromatic rings. The predicted molar refractivity (Wildman–Crippen MR) is 111 cm³/mol. The van der Waals surface area contributed by atoms with Crippen LogP contribution >= 0.6 is 11.3 Å². The Labute approximate surface area is 170 Å². The fourth-order valence-electron chi connectivity index (χ4n) is 3.70. The number of aromatic amines is 1. The fourth-order valence-corrected chi connectivity index (χ4v) is 4.38. The van der Waals surface area contributed by atoms with Crippen LogP contribution in [0.4, 0.5) is 5.82 Å². The van der Waals surface area contributed by atoms with Crippen molar-refractivity contribution in [2.45, 2.75) is 31.3 Å². The van der Waals surface area contributed by atoms with Crippen molar-refractivity contribution in [1.29, 1.82) is 0 Å². The number of H-pyrrole nitrogens is 1. The molecule has 4 heterocycles. The van der Waals surface area contributed by atoms with E-state index in [1.165, 1.54) is 0 Å². The second kappa shape index (κ2) is 6.96. The molecule has 10 heteroatoms. The minimum Gasteiger partial charge on any atom is -0.493 e. The summed E-state index contributed by atoms with van der Waals surface area (Å²) in [7, 11) is 4.21. The van der Waals surface area contributed by atoms with Crippen LogP contribution < -0.4 is 20.5 Å². The van der Waals surface area contributed by atoms with Gasteiger partial charge in [-0.05, 0) is 38.9 Å². The number of anilines is 1. The lowest BCUT2D eigenvalue weighted by atomic mass is 10.2. The van der Waals surface area contributed by atoms with E-state index < -0.39 is 0 Å². The van der Waals surface area contributed by atoms with Crippen molar-refractivity contribution in [2.24, 2.45) is 4.99 Å². The molecular weight excluding hydrogens is 390 g/mol. The van der Waals surface area contributed by atoms with Crippen LogP contribution in [-0.2, 0) is 0 Å². The number of fused-ring (bicyclic) bond motifs is 1. The molecule has 29 heavy (non-hydrogen) atoms. The Bertz CT molecular complexity index is 1240. The van der Waals surface area contributed by atoms with Gasteiger partial charge in [0.2, 0.25) is 5.88 Å². The van der Waals surface area contributed by atoms with Crippen LogP contribution in [0.2, 0.25) is 0 Å². The number of nitrogens with zero attached hydrogens (tertiary/aromatic N) is 6. The third-order valence-corrected chi connectivity index (χ3v) is 6.37. The molecule has 1 saturated carbocycles. The first kappa shape index (κ1) is 18.3. The third kappa shape index (κ3) is 3.53. The van der Waals surface area contributed by atoms with E-state index in [0.717, 1.165) is 60.2 Å². The number of likely N-dealkylation sites (tertiary alicyclic amines) is 1. The molecule has 0 spiro atoms. The van der Waals surface area contributed by atoms with E-state index in [0.29, 0.717) is 22.6 Å². The summed E-state index contributed by atoms with van der Waals surface area (Å²) in [5, 5.41) is 15.2. The Kier molecular flexibility index (Phi) is 4.39. The Morgan fingerprint density at radius 2 is 2.24 bits per heavy atom. The van der Waals surface area contributed by atoms with Gasteiger partial charge in [0, 0.05) is 30.9 Å². The topological polar surface area (TPSA) is 102 Å². The van der Waals surface area contributed by atoms with Gasteiger partial charge in [-0.3, -0.25) is 14.8 Å². The Hall–Kier alpha value is -2.72. The number of thiazole rings is 1. The van der Waals surface area contributed by atoms with Gasteiger partial charge in [0.25, 0.3) is 0 Å². The standard InChI is InChI=1S/C19H23N7O2S/c1-24-6-5-13(10-24)25(2)15-8-16(21-12-3-4-12)26-17(22-15)11(9-20-26)7-14-18(27)23-19(28)29-14/h7-9,12-13,27H,3-6,10H2,1-2H3,(H,23,28). The maximum absolute atomic E-state index is 11.5. The highest BCUT2D eigenvalue weighted by Crippen LogP contribution is 2.23. The summed E-state index contributed by atoms with van der Waals surface area (Å²) >= 11 is 0.956. The normalized spacial score (nSPS) is 21.5. The SMILES string of the molecule is CN1CCC(N(C)c2cc(=NC3CC3)n3ncc(=Cc4sc(=O)[nH]c4O)c3n2)C1. The second-order valence-electron chi connectivity index (χ2n) is 7.86. The van der Waals surface area contributed by atoms with E-state index in [1.807, 2.05) is 6.07 Å². The first-order chi connectivity index (χ1) is 14.0. The van der Waals surface area contributed by atoms with Crippen molar-refractivity contribution in [3.8, 4) is 5.88 Å². The molecule has 0 bridgehead atoms. The van der Waals surface area contributed by atoms with Gasteiger partial charge < -0.3 is 14.9 Å². The Balaban J connectivity index is 1.67. The monoisotopic (exact) mass is 413 g/mol. The molecule has 0 amide bonds. The van der Waals surface area contributed by atoms with E-state index in [-0.39, 0.29) is 10.8 Å². The summed E-state index contributed by atoms with van der Waals surface area (Å²) in [6.45, 7) is 2.08. The molecule has 2 N–H and O–H groups in total. The first-order valence-corrected chi connectivity index (χ1v) is 10.6. The van der Waals surface area contributed by atoms with Crippen LogP contribution in [0.5, 0.6) is 5.88 Å². The second-order valence-corrected chi connectivity index (χ2v) is 8.87. The molecule has 2 fully saturated rings. The molecule has 1 atom stereocenters. The summed E-state index contributed by atoms with van der Waals surface area (Å²) in [6, 6.07) is 2.76.